The van der Waals surface area contributed by atoms with Gasteiger partial charge < -0.3 is 10.1 Å². The monoisotopic (exact) mass is 331 g/mol. The fraction of sp³-hybridized carbons (Fsp3) is 0. The van der Waals surface area contributed by atoms with Crippen LogP contribution in [0.3, 0.4) is 0 Å². The Morgan fingerprint density at radius 1 is 1.10 bits per heavy atom. The van der Waals surface area contributed by atoms with E-state index in [2.05, 4.69) is 17.1 Å². The number of rotatable bonds is 2. The first-order valence-corrected chi connectivity index (χ1v) is 6.08. The van der Waals surface area contributed by atoms with Crippen LogP contribution in [0.4, 0.5) is 0 Å². The number of hydrogen-bond donors (Lipinski definition) is 1. The summed E-state index contributed by atoms with van der Waals surface area (Å²) in [7, 11) is 0. The number of aromatic carboxylic acids is 1. The van der Waals surface area contributed by atoms with E-state index in [0.29, 0.717) is 0 Å². The summed E-state index contributed by atoms with van der Waals surface area (Å²) in [6, 6.07) is 16.4. The Bertz CT molecular complexity index is 692. The van der Waals surface area contributed by atoms with Crippen LogP contribution in [-0.2, 0) is 0 Å². The van der Waals surface area contributed by atoms with Gasteiger partial charge in [-0.3, -0.25) is 24.3 Å². The van der Waals surface area contributed by atoms with Crippen LogP contribution in [-0.4, -0.2) is 16.1 Å². The van der Waals surface area contributed by atoms with E-state index < -0.39 is 5.97 Å². The van der Waals surface area contributed by atoms with E-state index in [1.807, 2.05) is 0 Å². The molecule has 0 unspecified atom stereocenters. The van der Waals surface area contributed by atoms with Crippen LogP contribution in [0.15, 0.2) is 36.4 Å². The number of carboxylic acid groups (broad SMARTS) is 1. The Hall–Kier alpha value is 1.07. The molecule has 0 radical (unpaired) electrons. The summed E-state index contributed by atoms with van der Waals surface area (Å²) in [6.07, 6.45) is 0. The Kier molecular flexibility index (Phi) is 8.26. The Morgan fingerprint density at radius 2 is 1.75 bits per heavy atom. The fourth-order valence-electron chi connectivity index (χ4n) is 1.63. The maximum atomic E-state index is 10.8. The molecular formula is C14H7K2NO2S. The van der Waals surface area contributed by atoms with Gasteiger partial charge in [-0.2, -0.15) is 4.70 Å². The number of nitrogens with zero attached hydrogens (tertiary/aromatic N) is 1. The van der Waals surface area contributed by atoms with Crippen molar-refractivity contribution in [3.8, 4) is 10.6 Å². The summed E-state index contributed by atoms with van der Waals surface area (Å²) in [5.74, 6) is -0.924. The molecule has 0 amide bonds. The first-order valence-electron chi connectivity index (χ1n) is 5.27. The van der Waals surface area contributed by atoms with Crippen LogP contribution in [0.5, 0.6) is 0 Å². The summed E-state index contributed by atoms with van der Waals surface area (Å²) in [4.78, 5) is 15.2. The molecule has 20 heavy (non-hydrogen) atoms. The second-order valence-corrected chi connectivity index (χ2v) is 4.70. The molecule has 0 aliphatic heterocycles. The molecule has 0 aliphatic carbocycles. The predicted molar refractivity (Wildman–Crippen MR) is 69.7 cm³/mol. The number of fused-ring (bicyclic) bond motifs is 1. The number of carbonyl (C=O) groups is 1. The molecule has 3 nitrogen and oxygen atoms in total. The molecule has 0 spiro atoms. The summed E-state index contributed by atoms with van der Waals surface area (Å²) in [5, 5.41) is 9.69. The Balaban J connectivity index is 0.000001000. The second-order valence-electron chi connectivity index (χ2n) is 3.70. The molecule has 0 bridgehead atoms. The van der Waals surface area contributed by atoms with Crippen molar-refractivity contribution in [2.24, 2.45) is 0 Å². The van der Waals surface area contributed by atoms with Crippen LogP contribution in [0.2, 0.25) is 0 Å². The largest absolute Gasteiger partial charge is 1.00 e. The van der Waals surface area contributed by atoms with Crippen molar-refractivity contribution in [3.05, 3.63) is 54.1 Å². The normalized spacial score (nSPS) is 9.60. The molecule has 1 aromatic heterocycles. The minimum absolute atomic E-state index is 0. The Labute approximate surface area is 205 Å². The second kappa shape index (κ2) is 8.64. The topological polar surface area (TPSA) is 50.2 Å². The molecule has 1 heterocycles. The minimum atomic E-state index is -0.924. The average Bonchev–Trinajstić information content (AvgIpc) is 2.82. The molecule has 6 heteroatoms. The molecule has 0 fully saturated rings. The van der Waals surface area contributed by atoms with Gasteiger partial charge in [0.2, 0.25) is 0 Å². The molecule has 0 saturated heterocycles. The zero-order valence-electron chi connectivity index (χ0n) is 11.2. The summed E-state index contributed by atoms with van der Waals surface area (Å²) < 4.78 is 0.954. The molecule has 0 aliphatic rings. The van der Waals surface area contributed by atoms with Gasteiger partial charge in [-0.1, -0.05) is 12.1 Å². The quantitative estimate of drug-likeness (QED) is 0.410. The van der Waals surface area contributed by atoms with Gasteiger partial charge in [0, 0.05) is 5.56 Å². The third-order valence-corrected chi connectivity index (χ3v) is 3.56. The molecule has 3 aromatic rings. The van der Waals surface area contributed by atoms with Gasteiger partial charge in [-0.05, 0) is 12.1 Å². The maximum Gasteiger partial charge on any atom is 1.00 e. The van der Waals surface area contributed by atoms with Crippen LogP contribution < -0.4 is 103 Å². The molecule has 0 atom stereocenters. The molecule has 2 aromatic carbocycles. The van der Waals surface area contributed by atoms with Gasteiger partial charge in [-0.15, -0.1) is 5.52 Å². The number of carboxylic acids is 1. The van der Waals surface area contributed by atoms with Gasteiger partial charge in [0.1, 0.15) is 0 Å². The SMILES string of the molecule is O=C(O)c1ccc(-c2nc3[c-]cc[c-]c3s2)cc1.[K+].[K+]. The third-order valence-electron chi connectivity index (χ3n) is 2.52. The standard InChI is InChI=1S/C14H7NO2S.2K/c16-14(17)10-7-5-9(6-8-10)13-15-11-3-1-2-4-12(11)18-13;;/h1-2,5-8H,(H,16,17);;/q-2;2*+1. The van der Waals surface area contributed by atoms with E-state index in [4.69, 9.17) is 5.11 Å². The molecular weight excluding hydrogens is 324 g/mol. The van der Waals surface area contributed by atoms with E-state index >= 15 is 0 Å². The van der Waals surface area contributed by atoms with E-state index in [-0.39, 0.29) is 108 Å². The fourth-order valence-corrected chi connectivity index (χ4v) is 2.55. The van der Waals surface area contributed by atoms with Gasteiger partial charge in [0.15, 0.2) is 0 Å². The molecule has 0 saturated carbocycles. The van der Waals surface area contributed by atoms with Crippen LogP contribution >= 0.6 is 11.3 Å². The van der Waals surface area contributed by atoms with Gasteiger partial charge >= 0.3 is 109 Å². The van der Waals surface area contributed by atoms with Crippen LogP contribution in [0.1, 0.15) is 10.4 Å². The minimum Gasteiger partial charge on any atom is -0.478 e. The summed E-state index contributed by atoms with van der Waals surface area (Å²) >= 11 is 1.52. The van der Waals surface area contributed by atoms with E-state index in [1.54, 1.807) is 36.4 Å². The number of benzene rings is 2. The van der Waals surface area contributed by atoms with Crippen LogP contribution in [0.25, 0.3) is 20.8 Å². The van der Waals surface area contributed by atoms with Crippen molar-refractivity contribution in [2.45, 2.75) is 0 Å². The zero-order valence-corrected chi connectivity index (χ0v) is 18.2. The molecule has 88 valence electrons. The van der Waals surface area contributed by atoms with Gasteiger partial charge in [0.25, 0.3) is 0 Å². The first-order chi connectivity index (χ1) is 8.74. The van der Waals surface area contributed by atoms with Crippen molar-refractivity contribution in [1.82, 2.24) is 4.98 Å². The number of thiazole rings is 1. The smallest absolute Gasteiger partial charge is 0.478 e. The average molecular weight is 331 g/mol. The molecule has 3 rings (SSSR count). The van der Waals surface area contributed by atoms with Crippen molar-refractivity contribution >= 4 is 27.5 Å². The Morgan fingerprint density at radius 3 is 2.35 bits per heavy atom. The van der Waals surface area contributed by atoms with E-state index in [9.17, 15) is 4.79 Å². The predicted octanol–water partition coefficient (Wildman–Crippen LogP) is -2.73. The summed E-state index contributed by atoms with van der Waals surface area (Å²) in [5.41, 5.74) is 1.97. The molecule has 1 N–H and O–H groups in total. The van der Waals surface area contributed by atoms with Gasteiger partial charge in [-0.25, -0.2) is 16.1 Å². The van der Waals surface area contributed by atoms with E-state index in [0.717, 1.165) is 20.8 Å². The van der Waals surface area contributed by atoms with Crippen molar-refractivity contribution in [3.63, 3.8) is 0 Å². The van der Waals surface area contributed by atoms with Crippen molar-refractivity contribution in [2.75, 3.05) is 0 Å². The maximum absolute atomic E-state index is 10.8. The van der Waals surface area contributed by atoms with Crippen molar-refractivity contribution < 1.29 is 113 Å². The van der Waals surface area contributed by atoms with Crippen molar-refractivity contribution in [1.29, 1.82) is 0 Å². The van der Waals surface area contributed by atoms with Crippen LogP contribution in [0, 0.1) is 12.1 Å². The van der Waals surface area contributed by atoms with E-state index in [1.165, 1.54) is 11.3 Å². The number of aromatic nitrogens is 1. The zero-order chi connectivity index (χ0) is 12.5. The number of hydrogen-bond acceptors (Lipinski definition) is 3. The summed E-state index contributed by atoms with van der Waals surface area (Å²) in [6.45, 7) is 0. The first kappa shape index (κ1) is 19.1. The van der Waals surface area contributed by atoms with Gasteiger partial charge in [0.05, 0.1) is 10.6 Å². The third kappa shape index (κ3) is 4.30.